The molecule has 3 heteroatoms. The number of hydrogen-bond acceptors (Lipinski definition) is 2. The van der Waals surface area contributed by atoms with E-state index >= 15 is 0 Å². The fourth-order valence-electron chi connectivity index (χ4n) is 2.55. The topological polar surface area (TPSA) is 35.2 Å². The Morgan fingerprint density at radius 1 is 1.31 bits per heavy atom. The number of nitrogens with two attached hydrogens (primary N) is 1. The number of benzene rings is 1. The van der Waals surface area contributed by atoms with E-state index in [4.69, 9.17) is 10.5 Å². The van der Waals surface area contributed by atoms with Gasteiger partial charge in [-0.2, -0.15) is 0 Å². The largest absolute Gasteiger partial charge is 0.495 e. The van der Waals surface area contributed by atoms with E-state index in [0.29, 0.717) is 0 Å². The molecule has 1 aromatic rings. The first kappa shape index (κ1) is 11.9. The van der Waals surface area contributed by atoms with Crippen LogP contribution in [0.1, 0.15) is 36.0 Å². The molecule has 2 N–H and O–H groups in total. The van der Waals surface area contributed by atoms with Gasteiger partial charge < -0.3 is 10.5 Å². The number of aryl methyl sites for hydroxylation is 2. The van der Waals surface area contributed by atoms with Crippen molar-refractivity contribution >= 4 is 15.9 Å². The van der Waals surface area contributed by atoms with Crippen LogP contribution in [0.25, 0.3) is 0 Å². The molecule has 0 aromatic heterocycles. The van der Waals surface area contributed by atoms with Crippen LogP contribution in [0.15, 0.2) is 10.5 Å². The molecule has 1 aliphatic carbocycles. The summed E-state index contributed by atoms with van der Waals surface area (Å²) < 4.78 is 6.57. The highest BCUT2D eigenvalue weighted by Gasteiger charge is 2.38. The van der Waals surface area contributed by atoms with Gasteiger partial charge >= 0.3 is 0 Å². The molecule has 0 bridgehead atoms. The maximum Gasteiger partial charge on any atom is 0.138 e. The van der Waals surface area contributed by atoms with Crippen LogP contribution < -0.4 is 10.5 Å². The quantitative estimate of drug-likeness (QED) is 0.903. The molecule has 0 atom stereocenters. The maximum absolute atomic E-state index is 6.42. The number of hydrogen-bond donors (Lipinski definition) is 1. The zero-order chi connectivity index (χ0) is 11.9. The Balaban J connectivity index is 2.63. The van der Waals surface area contributed by atoms with E-state index in [0.717, 1.165) is 23.1 Å². The van der Waals surface area contributed by atoms with Gasteiger partial charge in [0.1, 0.15) is 5.75 Å². The Morgan fingerprint density at radius 3 is 2.38 bits per heavy atom. The summed E-state index contributed by atoms with van der Waals surface area (Å²) >= 11 is 3.59. The second-order valence-electron chi connectivity index (χ2n) is 4.74. The smallest absolute Gasteiger partial charge is 0.138 e. The summed E-state index contributed by atoms with van der Waals surface area (Å²) in [5.41, 5.74) is 9.86. The summed E-state index contributed by atoms with van der Waals surface area (Å²) in [5.74, 6) is 0.916. The molecule has 2 nitrogen and oxygen atoms in total. The Morgan fingerprint density at radius 2 is 1.94 bits per heavy atom. The fraction of sp³-hybridized carbons (Fsp3) is 0.538. The zero-order valence-corrected chi connectivity index (χ0v) is 11.6. The summed E-state index contributed by atoms with van der Waals surface area (Å²) in [5, 5.41) is 0. The molecule has 0 unspecified atom stereocenters. The van der Waals surface area contributed by atoms with Crippen LogP contribution in [0.4, 0.5) is 0 Å². The molecule has 1 aliphatic rings. The third-order valence-electron chi connectivity index (χ3n) is 3.55. The maximum atomic E-state index is 6.42. The lowest BCUT2D eigenvalue weighted by Gasteiger charge is -2.40. The highest BCUT2D eigenvalue weighted by atomic mass is 79.9. The summed E-state index contributed by atoms with van der Waals surface area (Å²) in [4.78, 5) is 0. The van der Waals surface area contributed by atoms with Gasteiger partial charge in [0.25, 0.3) is 0 Å². The molecule has 1 saturated carbocycles. The summed E-state index contributed by atoms with van der Waals surface area (Å²) in [7, 11) is 1.71. The second kappa shape index (κ2) is 4.04. The summed E-state index contributed by atoms with van der Waals surface area (Å²) in [6, 6.07) is 2.18. The van der Waals surface area contributed by atoms with Gasteiger partial charge in [-0.25, -0.2) is 0 Å². The molecule has 2 rings (SSSR count). The number of methoxy groups -OCH3 is 1. The van der Waals surface area contributed by atoms with Gasteiger partial charge in [-0.1, -0.05) is 6.07 Å². The van der Waals surface area contributed by atoms with Gasteiger partial charge in [0, 0.05) is 11.1 Å². The highest BCUT2D eigenvalue weighted by Crippen LogP contribution is 2.47. The molecule has 0 radical (unpaired) electrons. The van der Waals surface area contributed by atoms with Crippen LogP contribution >= 0.6 is 15.9 Å². The van der Waals surface area contributed by atoms with E-state index in [1.807, 2.05) is 0 Å². The normalized spacial score (nSPS) is 18.1. The van der Waals surface area contributed by atoms with E-state index in [1.54, 1.807) is 7.11 Å². The lowest BCUT2D eigenvalue weighted by Crippen LogP contribution is -2.44. The second-order valence-corrected chi connectivity index (χ2v) is 5.54. The van der Waals surface area contributed by atoms with Gasteiger partial charge in [0.05, 0.1) is 11.6 Å². The molecule has 16 heavy (non-hydrogen) atoms. The Bertz CT molecular complexity index is 424. The fourth-order valence-corrected chi connectivity index (χ4v) is 3.02. The molecular formula is C13H18BrNO. The van der Waals surface area contributed by atoms with Crippen molar-refractivity contribution in [3.05, 3.63) is 27.2 Å². The number of halogens is 1. The van der Waals surface area contributed by atoms with E-state index in [1.165, 1.54) is 23.1 Å². The van der Waals surface area contributed by atoms with Crippen LogP contribution in [0, 0.1) is 13.8 Å². The minimum Gasteiger partial charge on any atom is -0.495 e. The predicted octanol–water partition coefficient (Wildman–Crippen LogP) is 3.41. The Labute approximate surface area is 105 Å². The lowest BCUT2D eigenvalue weighted by atomic mass is 9.71. The van der Waals surface area contributed by atoms with Crippen molar-refractivity contribution in [1.29, 1.82) is 0 Å². The first-order valence-corrected chi connectivity index (χ1v) is 6.42. The standard InChI is InChI=1S/C13H18BrNO/c1-8-7-9(2)11(14)12(16-3)10(8)13(15)5-4-6-13/h7H,4-6,15H2,1-3H3. The van der Waals surface area contributed by atoms with Crippen LogP contribution in [0.2, 0.25) is 0 Å². The van der Waals surface area contributed by atoms with Gasteiger partial charge in [0.2, 0.25) is 0 Å². The van der Waals surface area contributed by atoms with Crippen molar-refractivity contribution < 1.29 is 4.74 Å². The molecule has 0 heterocycles. The van der Waals surface area contributed by atoms with Crippen LogP contribution in [0.5, 0.6) is 5.75 Å². The van der Waals surface area contributed by atoms with E-state index < -0.39 is 0 Å². The first-order chi connectivity index (χ1) is 7.49. The van der Waals surface area contributed by atoms with E-state index in [2.05, 4.69) is 35.8 Å². The highest BCUT2D eigenvalue weighted by molar-refractivity contribution is 9.10. The molecule has 0 spiro atoms. The molecule has 0 saturated heterocycles. The molecular weight excluding hydrogens is 266 g/mol. The van der Waals surface area contributed by atoms with Crippen molar-refractivity contribution in [2.24, 2.45) is 5.73 Å². The van der Waals surface area contributed by atoms with Crippen molar-refractivity contribution in [1.82, 2.24) is 0 Å². The van der Waals surface area contributed by atoms with Gasteiger partial charge in [-0.15, -0.1) is 0 Å². The molecule has 1 fully saturated rings. The van der Waals surface area contributed by atoms with Gasteiger partial charge in [0.15, 0.2) is 0 Å². The van der Waals surface area contributed by atoms with Gasteiger partial charge in [-0.05, 0) is 60.2 Å². The average Bonchev–Trinajstić information content (AvgIpc) is 2.19. The van der Waals surface area contributed by atoms with E-state index in [9.17, 15) is 0 Å². The Hall–Kier alpha value is -0.540. The third kappa shape index (κ3) is 1.66. The van der Waals surface area contributed by atoms with Crippen LogP contribution in [0.3, 0.4) is 0 Å². The number of ether oxygens (including phenoxy) is 1. The van der Waals surface area contributed by atoms with Gasteiger partial charge in [-0.3, -0.25) is 0 Å². The monoisotopic (exact) mass is 283 g/mol. The minimum atomic E-state index is -0.175. The van der Waals surface area contributed by atoms with E-state index in [-0.39, 0.29) is 5.54 Å². The third-order valence-corrected chi connectivity index (χ3v) is 4.53. The average molecular weight is 284 g/mol. The molecule has 88 valence electrons. The van der Waals surface area contributed by atoms with Crippen molar-refractivity contribution in [2.45, 2.75) is 38.6 Å². The SMILES string of the molecule is COc1c(Br)c(C)cc(C)c1C1(N)CCC1. The minimum absolute atomic E-state index is 0.175. The summed E-state index contributed by atoms with van der Waals surface area (Å²) in [6.45, 7) is 4.19. The van der Waals surface area contributed by atoms with Crippen molar-refractivity contribution in [2.75, 3.05) is 7.11 Å². The van der Waals surface area contributed by atoms with Crippen LogP contribution in [-0.2, 0) is 5.54 Å². The zero-order valence-electron chi connectivity index (χ0n) is 10.1. The van der Waals surface area contributed by atoms with Crippen LogP contribution in [-0.4, -0.2) is 7.11 Å². The first-order valence-electron chi connectivity index (χ1n) is 5.62. The predicted molar refractivity (Wildman–Crippen MR) is 69.9 cm³/mol. The van der Waals surface area contributed by atoms with Crippen molar-refractivity contribution in [3.8, 4) is 5.75 Å². The molecule has 0 aliphatic heterocycles. The number of rotatable bonds is 2. The molecule has 1 aromatic carbocycles. The Kier molecular flexibility index (Phi) is 3.01. The summed E-state index contributed by atoms with van der Waals surface area (Å²) in [6.07, 6.45) is 3.32. The lowest BCUT2D eigenvalue weighted by molar-refractivity contribution is 0.242. The molecule has 0 amide bonds. The van der Waals surface area contributed by atoms with Crippen molar-refractivity contribution in [3.63, 3.8) is 0 Å².